The molecule has 1 aliphatic heterocycles. The first kappa shape index (κ1) is 26.1. The number of carbonyl (C=O) groups is 4. The number of nitrogens with zero attached hydrogens (tertiary/aromatic N) is 1. The minimum absolute atomic E-state index is 0.00627. The molecule has 37 heavy (non-hydrogen) atoms. The van der Waals surface area contributed by atoms with Gasteiger partial charge < -0.3 is 9.47 Å². The van der Waals surface area contributed by atoms with Gasteiger partial charge in [0.1, 0.15) is 11.1 Å². The number of hydrogen-bond donors (Lipinski definition) is 0. The highest BCUT2D eigenvalue weighted by molar-refractivity contribution is 6.35. The van der Waals surface area contributed by atoms with E-state index in [2.05, 4.69) is 0 Å². The van der Waals surface area contributed by atoms with E-state index in [-0.39, 0.29) is 41.7 Å². The highest BCUT2D eigenvalue weighted by atomic mass is 16.5. The van der Waals surface area contributed by atoms with Crippen molar-refractivity contribution in [2.45, 2.75) is 45.6 Å². The molecule has 4 rings (SSSR count). The summed E-state index contributed by atoms with van der Waals surface area (Å²) in [6.07, 6.45) is 2.89. The maximum Gasteiger partial charge on any atom is 0.266 e. The van der Waals surface area contributed by atoms with Crippen molar-refractivity contribution in [2.75, 3.05) is 18.1 Å². The van der Waals surface area contributed by atoms with Crippen molar-refractivity contribution in [3.8, 4) is 0 Å². The molecule has 1 saturated carbocycles. The summed E-state index contributed by atoms with van der Waals surface area (Å²) in [5, 5.41) is 0. The highest BCUT2D eigenvalue weighted by Gasteiger charge is 2.53. The van der Waals surface area contributed by atoms with E-state index in [1.165, 1.54) is 17.4 Å². The van der Waals surface area contributed by atoms with Crippen molar-refractivity contribution in [2.24, 2.45) is 5.41 Å². The summed E-state index contributed by atoms with van der Waals surface area (Å²) in [4.78, 5) is 53.2. The Morgan fingerprint density at radius 1 is 0.757 bits per heavy atom. The van der Waals surface area contributed by atoms with Crippen LogP contribution in [0.5, 0.6) is 0 Å². The first-order chi connectivity index (χ1) is 17.6. The van der Waals surface area contributed by atoms with E-state index in [4.69, 9.17) is 9.47 Å². The van der Waals surface area contributed by atoms with Gasteiger partial charge in [0.25, 0.3) is 5.91 Å². The van der Waals surface area contributed by atoms with Crippen LogP contribution in [0, 0.1) is 5.41 Å². The number of hydrogen-bond acceptors (Lipinski definition) is 6. The lowest BCUT2D eigenvalue weighted by Crippen LogP contribution is -2.44. The van der Waals surface area contributed by atoms with E-state index in [0.717, 1.165) is 5.56 Å². The van der Waals surface area contributed by atoms with Crippen molar-refractivity contribution in [1.82, 2.24) is 0 Å². The van der Waals surface area contributed by atoms with Crippen molar-refractivity contribution in [3.63, 3.8) is 0 Å². The largest absolute Gasteiger partial charge is 0.500 e. The average molecular weight is 502 g/mol. The predicted molar refractivity (Wildman–Crippen MR) is 139 cm³/mol. The zero-order chi connectivity index (χ0) is 26.8. The molecular weight excluding hydrogens is 470 g/mol. The third-order valence-corrected chi connectivity index (χ3v) is 6.95. The standard InChI is InChI=1S/C30H31NO6/c1-29(2)24(20-12-7-5-8-13-20)25(32)22(26(29)33)18-36-16-11-17-37-19-23-27(34)30(3,4)31(28(23)35)21-14-9-6-10-15-21/h5-10,12-15,18-19,24H,11,16-17H2,1-4H3/b22-18-,23-19+. The van der Waals surface area contributed by atoms with E-state index in [9.17, 15) is 19.2 Å². The quantitative estimate of drug-likeness (QED) is 0.228. The summed E-state index contributed by atoms with van der Waals surface area (Å²) in [6.45, 7) is 7.36. The Kier molecular flexibility index (Phi) is 7.16. The molecule has 7 heteroatoms. The monoisotopic (exact) mass is 501 g/mol. The van der Waals surface area contributed by atoms with E-state index in [0.29, 0.717) is 12.1 Å². The molecule has 2 aromatic carbocycles. The third kappa shape index (κ3) is 4.73. The van der Waals surface area contributed by atoms with E-state index >= 15 is 0 Å². The molecule has 1 heterocycles. The summed E-state index contributed by atoms with van der Waals surface area (Å²) >= 11 is 0. The van der Waals surface area contributed by atoms with Gasteiger partial charge in [-0.25, -0.2) is 0 Å². The summed E-state index contributed by atoms with van der Waals surface area (Å²) in [5.74, 6) is -1.75. The molecule has 1 atom stereocenters. The summed E-state index contributed by atoms with van der Waals surface area (Å²) in [6, 6.07) is 18.3. The van der Waals surface area contributed by atoms with Crippen molar-refractivity contribution >= 4 is 28.9 Å². The molecule has 0 bridgehead atoms. The second-order valence-electron chi connectivity index (χ2n) is 10.3. The van der Waals surface area contributed by atoms with Gasteiger partial charge in [0.05, 0.1) is 37.2 Å². The van der Waals surface area contributed by atoms with Crippen LogP contribution < -0.4 is 4.90 Å². The first-order valence-corrected chi connectivity index (χ1v) is 12.3. The Balaban J connectivity index is 1.32. The molecular formula is C30H31NO6. The van der Waals surface area contributed by atoms with Crippen LogP contribution in [0.15, 0.2) is 84.3 Å². The molecule has 2 aliphatic rings. The number of ether oxygens (including phenoxy) is 2. The maximum absolute atomic E-state index is 13.0. The Morgan fingerprint density at radius 3 is 1.89 bits per heavy atom. The molecule has 7 nitrogen and oxygen atoms in total. The van der Waals surface area contributed by atoms with Crippen LogP contribution in [-0.4, -0.2) is 42.0 Å². The SMILES string of the molecule is CC1(C)C(=O)/C(=C\OCCCO/C=C2/C(=O)N(c3ccccc3)C(C)(C)C2=O)C(=O)C1c1ccccc1. The lowest BCUT2D eigenvalue weighted by molar-refractivity contribution is -0.122. The Labute approximate surface area is 216 Å². The lowest BCUT2D eigenvalue weighted by Gasteiger charge is -2.29. The van der Waals surface area contributed by atoms with Gasteiger partial charge in [-0.15, -0.1) is 0 Å². The number of carbonyl (C=O) groups excluding carboxylic acids is 4. The molecule has 0 spiro atoms. The highest BCUT2D eigenvalue weighted by Crippen LogP contribution is 2.46. The number of para-hydroxylation sites is 1. The fraction of sp³-hybridized carbons (Fsp3) is 0.333. The van der Waals surface area contributed by atoms with E-state index < -0.39 is 22.8 Å². The van der Waals surface area contributed by atoms with Gasteiger partial charge in [-0.2, -0.15) is 0 Å². The van der Waals surface area contributed by atoms with Gasteiger partial charge in [0.2, 0.25) is 0 Å². The van der Waals surface area contributed by atoms with Crippen molar-refractivity contribution in [1.29, 1.82) is 0 Å². The predicted octanol–water partition coefficient (Wildman–Crippen LogP) is 4.53. The summed E-state index contributed by atoms with van der Waals surface area (Å²) in [5.41, 5.74) is -0.370. The zero-order valence-electron chi connectivity index (χ0n) is 21.5. The molecule has 2 fully saturated rings. The van der Waals surface area contributed by atoms with Crippen molar-refractivity contribution < 1.29 is 28.7 Å². The number of allylic oxidation sites excluding steroid dienone is 1. The molecule has 192 valence electrons. The molecule has 0 aromatic heterocycles. The van der Waals surface area contributed by atoms with Gasteiger partial charge in [0, 0.05) is 17.5 Å². The smallest absolute Gasteiger partial charge is 0.266 e. The van der Waals surface area contributed by atoms with E-state index in [1.807, 2.05) is 48.5 Å². The number of anilines is 1. The fourth-order valence-electron chi connectivity index (χ4n) is 4.93. The maximum atomic E-state index is 13.0. The van der Waals surface area contributed by atoms with E-state index in [1.54, 1.807) is 39.8 Å². The van der Waals surface area contributed by atoms with Gasteiger partial charge in [-0.3, -0.25) is 24.1 Å². The molecule has 0 radical (unpaired) electrons. The molecule has 1 saturated heterocycles. The number of benzene rings is 2. The number of ketones is 3. The van der Waals surface area contributed by atoms with Crippen LogP contribution >= 0.6 is 0 Å². The minimum Gasteiger partial charge on any atom is -0.500 e. The Hall–Kier alpha value is -4.00. The second kappa shape index (κ2) is 10.2. The number of Topliss-reactive ketones (excluding diaryl/α,β-unsaturated/α-hetero) is 3. The van der Waals surface area contributed by atoms with Gasteiger partial charge in [-0.1, -0.05) is 62.4 Å². The van der Waals surface area contributed by atoms with Gasteiger partial charge >= 0.3 is 0 Å². The molecule has 0 N–H and O–H groups in total. The summed E-state index contributed by atoms with van der Waals surface area (Å²) in [7, 11) is 0. The number of rotatable bonds is 8. The normalized spacial score (nSPS) is 22.8. The van der Waals surface area contributed by atoms with Crippen LogP contribution in [0.25, 0.3) is 0 Å². The first-order valence-electron chi connectivity index (χ1n) is 12.3. The van der Waals surface area contributed by atoms with Crippen LogP contribution in [0.2, 0.25) is 0 Å². The lowest BCUT2D eigenvalue weighted by atomic mass is 9.77. The molecule has 1 aliphatic carbocycles. The molecule has 1 amide bonds. The topological polar surface area (TPSA) is 90.0 Å². The van der Waals surface area contributed by atoms with Crippen LogP contribution in [-0.2, 0) is 28.7 Å². The van der Waals surface area contributed by atoms with Gasteiger partial charge in [0.15, 0.2) is 17.3 Å². The Morgan fingerprint density at radius 2 is 1.30 bits per heavy atom. The van der Waals surface area contributed by atoms with Crippen LogP contribution in [0.3, 0.4) is 0 Å². The third-order valence-electron chi connectivity index (χ3n) is 6.95. The second-order valence-corrected chi connectivity index (χ2v) is 10.3. The number of amides is 1. The zero-order valence-corrected chi connectivity index (χ0v) is 21.5. The molecule has 1 unspecified atom stereocenters. The van der Waals surface area contributed by atoms with Gasteiger partial charge in [-0.05, 0) is 31.5 Å². The van der Waals surface area contributed by atoms with Crippen LogP contribution in [0.1, 0.15) is 45.6 Å². The fourth-order valence-corrected chi connectivity index (χ4v) is 4.93. The summed E-state index contributed by atoms with van der Waals surface area (Å²) < 4.78 is 11.0. The van der Waals surface area contributed by atoms with Crippen LogP contribution in [0.4, 0.5) is 5.69 Å². The Bertz CT molecular complexity index is 1170. The average Bonchev–Trinajstić information content (AvgIpc) is 3.15. The minimum atomic E-state index is -1.02. The molecule has 2 aromatic rings. The van der Waals surface area contributed by atoms with Crippen molar-refractivity contribution in [3.05, 3.63) is 89.9 Å².